The van der Waals surface area contributed by atoms with E-state index in [2.05, 4.69) is 71.5 Å². The van der Waals surface area contributed by atoms with Crippen molar-refractivity contribution in [1.82, 2.24) is 5.32 Å². The van der Waals surface area contributed by atoms with Crippen molar-refractivity contribution in [2.45, 2.75) is 44.3 Å². The van der Waals surface area contributed by atoms with Crippen LogP contribution in [-0.4, -0.2) is 11.9 Å². The van der Waals surface area contributed by atoms with E-state index in [0.29, 0.717) is 6.04 Å². The Labute approximate surface area is 170 Å². The molecule has 1 amide bonds. The maximum absolute atomic E-state index is 13.1. The summed E-state index contributed by atoms with van der Waals surface area (Å²) in [5.74, 6) is 0.112. The molecule has 0 aliphatic heterocycles. The summed E-state index contributed by atoms with van der Waals surface area (Å²) in [7, 11) is 0. The molecule has 0 spiro atoms. The van der Waals surface area contributed by atoms with Crippen LogP contribution in [0.2, 0.25) is 0 Å². The molecule has 4 rings (SSSR count). The molecule has 2 aromatic carbocycles. The molecule has 1 aliphatic rings. The lowest BCUT2D eigenvalue weighted by molar-refractivity contribution is -0.713. The summed E-state index contributed by atoms with van der Waals surface area (Å²) in [5, 5.41) is 7.54. The number of quaternary nitrogens is 1. The Morgan fingerprint density at radius 2 is 1.79 bits per heavy atom. The predicted octanol–water partition coefficient (Wildman–Crippen LogP) is 3.98. The van der Waals surface area contributed by atoms with E-state index in [9.17, 15) is 4.79 Å². The number of amides is 1. The number of benzene rings is 2. The van der Waals surface area contributed by atoms with Crippen LogP contribution in [-0.2, 0) is 11.2 Å². The fourth-order valence-corrected chi connectivity index (χ4v) is 4.35. The van der Waals surface area contributed by atoms with Crippen molar-refractivity contribution in [3.63, 3.8) is 0 Å². The van der Waals surface area contributed by atoms with Gasteiger partial charge in [0.2, 0.25) is 0 Å². The fraction of sp³-hybridized carbons (Fsp3) is 0.292. The topological polar surface area (TPSA) is 45.7 Å². The molecular formula is C24H27N2OS+. The fourth-order valence-electron chi connectivity index (χ4n) is 3.52. The average molecular weight is 392 g/mol. The average Bonchev–Trinajstić information content (AvgIpc) is 3.38. The van der Waals surface area contributed by atoms with E-state index in [1.54, 1.807) is 11.3 Å². The molecule has 3 nitrogen and oxygen atoms in total. The number of aryl methyl sites for hydroxylation is 1. The molecule has 0 saturated heterocycles. The summed E-state index contributed by atoms with van der Waals surface area (Å²) in [6.07, 6.45) is 3.23. The molecule has 1 aromatic heterocycles. The number of carbonyl (C=O) groups excluding carboxylic acids is 1. The highest BCUT2D eigenvalue weighted by atomic mass is 32.1. The van der Waals surface area contributed by atoms with Gasteiger partial charge in [-0.15, -0.1) is 11.3 Å². The number of nitrogens with one attached hydrogen (secondary N) is 1. The van der Waals surface area contributed by atoms with Gasteiger partial charge in [-0.25, -0.2) is 0 Å². The second-order valence-corrected chi connectivity index (χ2v) is 8.43. The quantitative estimate of drug-likeness (QED) is 0.599. The molecule has 1 aliphatic carbocycles. The van der Waals surface area contributed by atoms with Crippen molar-refractivity contribution in [3.8, 4) is 0 Å². The minimum absolute atomic E-state index is 0.0982. The van der Waals surface area contributed by atoms with Crippen molar-refractivity contribution < 1.29 is 10.1 Å². The summed E-state index contributed by atoms with van der Waals surface area (Å²) in [6, 6.07) is 23.4. The minimum Gasteiger partial charge on any atom is -0.348 e. The van der Waals surface area contributed by atoms with Crippen LogP contribution < -0.4 is 10.6 Å². The molecular weight excluding hydrogens is 364 g/mol. The Kier molecular flexibility index (Phi) is 5.89. The Balaban J connectivity index is 1.66. The number of nitrogens with two attached hydrogens (primary N) is 1. The van der Waals surface area contributed by atoms with Gasteiger partial charge in [0.25, 0.3) is 5.91 Å². The van der Waals surface area contributed by atoms with Gasteiger partial charge in [0.15, 0.2) is 6.04 Å². The lowest BCUT2D eigenvalue weighted by Crippen LogP contribution is -2.88. The van der Waals surface area contributed by atoms with Crippen LogP contribution in [0.1, 0.15) is 53.4 Å². The highest BCUT2D eigenvalue weighted by molar-refractivity contribution is 7.10. The van der Waals surface area contributed by atoms with Crippen molar-refractivity contribution in [2.24, 2.45) is 0 Å². The van der Waals surface area contributed by atoms with E-state index < -0.39 is 0 Å². The summed E-state index contributed by atoms with van der Waals surface area (Å²) in [4.78, 5) is 14.4. The highest BCUT2D eigenvalue weighted by Crippen LogP contribution is 2.25. The van der Waals surface area contributed by atoms with Crippen LogP contribution in [0, 0.1) is 0 Å². The molecule has 1 fully saturated rings. The molecule has 3 aromatic rings. The number of carbonyl (C=O) groups is 1. The summed E-state index contributed by atoms with van der Waals surface area (Å²) < 4.78 is 0. The van der Waals surface area contributed by atoms with Gasteiger partial charge in [-0.1, -0.05) is 67.6 Å². The minimum atomic E-state index is -0.264. The monoisotopic (exact) mass is 391 g/mol. The smallest absolute Gasteiger partial charge is 0.283 e. The van der Waals surface area contributed by atoms with E-state index in [-0.39, 0.29) is 18.0 Å². The molecule has 1 saturated carbocycles. The van der Waals surface area contributed by atoms with E-state index in [1.165, 1.54) is 16.0 Å². The molecule has 0 unspecified atom stereocenters. The molecule has 0 radical (unpaired) electrons. The summed E-state index contributed by atoms with van der Waals surface area (Å²) in [5.41, 5.74) is 3.62. The summed E-state index contributed by atoms with van der Waals surface area (Å²) in [6.45, 7) is 2.17. The van der Waals surface area contributed by atoms with Crippen molar-refractivity contribution in [2.75, 3.05) is 0 Å². The van der Waals surface area contributed by atoms with E-state index in [0.717, 1.165) is 24.8 Å². The maximum Gasteiger partial charge on any atom is 0.283 e. The largest absolute Gasteiger partial charge is 0.348 e. The predicted molar refractivity (Wildman–Crippen MR) is 114 cm³/mol. The third-order valence-corrected chi connectivity index (χ3v) is 6.30. The Hall–Kier alpha value is -2.43. The van der Waals surface area contributed by atoms with Gasteiger partial charge in [-0.3, -0.25) is 4.79 Å². The van der Waals surface area contributed by atoms with E-state index in [1.807, 2.05) is 18.2 Å². The standard InChI is InChI=1S/C24H26N2OS/c1-2-17-10-12-19(13-11-17)22(21-9-6-16-28-21)26-23(18-7-4-3-5-8-18)24(27)25-20-14-15-20/h3-13,16,20,22-23,26H,2,14-15H2,1H3,(H,25,27)/p+1/t22-,23+/m1/s1. The third-order valence-electron chi connectivity index (χ3n) is 5.35. The van der Waals surface area contributed by atoms with Crippen molar-refractivity contribution >= 4 is 17.2 Å². The zero-order chi connectivity index (χ0) is 19.3. The van der Waals surface area contributed by atoms with Gasteiger partial charge >= 0.3 is 0 Å². The zero-order valence-electron chi connectivity index (χ0n) is 16.2. The SMILES string of the molecule is CCc1ccc([C@@H]([NH2+][C@H](C(=O)NC2CC2)c2ccccc2)c2cccs2)cc1. The number of hydrogen-bond donors (Lipinski definition) is 2. The Bertz CT molecular complexity index is 886. The molecule has 28 heavy (non-hydrogen) atoms. The molecule has 2 atom stereocenters. The lowest BCUT2D eigenvalue weighted by atomic mass is 9.99. The van der Waals surface area contributed by atoms with Crippen LogP contribution in [0.3, 0.4) is 0 Å². The second kappa shape index (κ2) is 8.72. The highest BCUT2D eigenvalue weighted by Gasteiger charge is 2.33. The Morgan fingerprint density at radius 1 is 1.04 bits per heavy atom. The van der Waals surface area contributed by atoms with Gasteiger partial charge in [0.1, 0.15) is 6.04 Å². The molecule has 4 heteroatoms. The van der Waals surface area contributed by atoms with Gasteiger partial charge in [0.05, 0.1) is 4.88 Å². The van der Waals surface area contributed by atoms with Gasteiger partial charge < -0.3 is 10.6 Å². The van der Waals surface area contributed by atoms with Crippen LogP contribution in [0.25, 0.3) is 0 Å². The van der Waals surface area contributed by atoms with Crippen LogP contribution in [0.4, 0.5) is 0 Å². The van der Waals surface area contributed by atoms with Crippen molar-refractivity contribution in [1.29, 1.82) is 0 Å². The van der Waals surface area contributed by atoms with Gasteiger partial charge in [-0.2, -0.15) is 0 Å². The van der Waals surface area contributed by atoms with Gasteiger partial charge in [-0.05, 0) is 36.3 Å². The first-order valence-electron chi connectivity index (χ1n) is 10.1. The number of thiophene rings is 1. The zero-order valence-corrected chi connectivity index (χ0v) is 17.0. The lowest BCUT2D eigenvalue weighted by Gasteiger charge is -2.22. The van der Waals surface area contributed by atoms with Crippen LogP contribution in [0.15, 0.2) is 72.1 Å². The molecule has 3 N–H and O–H groups in total. The normalized spacial score (nSPS) is 15.8. The van der Waals surface area contributed by atoms with E-state index >= 15 is 0 Å². The number of hydrogen-bond acceptors (Lipinski definition) is 2. The molecule has 1 heterocycles. The summed E-state index contributed by atoms with van der Waals surface area (Å²) >= 11 is 1.75. The first-order chi connectivity index (χ1) is 13.7. The van der Waals surface area contributed by atoms with Crippen molar-refractivity contribution in [3.05, 3.63) is 93.7 Å². The Morgan fingerprint density at radius 3 is 2.39 bits per heavy atom. The third kappa shape index (κ3) is 4.51. The molecule has 144 valence electrons. The van der Waals surface area contributed by atoms with E-state index in [4.69, 9.17) is 0 Å². The van der Waals surface area contributed by atoms with Crippen LogP contribution >= 0.6 is 11.3 Å². The maximum atomic E-state index is 13.1. The van der Waals surface area contributed by atoms with Gasteiger partial charge in [0, 0.05) is 17.2 Å². The second-order valence-electron chi connectivity index (χ2n) is 7.45. The molecule has 0 bridgehead atoms. The first kappa shape index (κ1) is 18.9. The first-order valence-corrected chi connectivity index (χ1v) is 10.9. The number of rotatable bonds is 8. The van der Waals surface area contributed by atoms with Crippen LogP contribution in [0.5, 0.6) is 0 Å².